The summed E-state index contributed by atoms with van der Waals surface area (Å²) in [5.74, 6) is 0.185. The molecule has 0 aliphatic heterocycles. The molecule has 0 saturated carbocycles. The number of rotatable bonds is 4. The highest BCUT2D eigenvalue weighted by molar-refractivity contribution is 5.92. The monoisotopic (exact) mass is 233 g/mol. The zero-order valence-electron chi connectivity index (χ0n) is 9.88. The molecule has 0 saturated heterocycles. The molecule has 0 radical (unpaired) electrons. The van der Waals surface area contributed by atoms with Crippen molar-refractivity contribution in [2.75, 3.05) is 0 Å². The predicted octanol–water partition coefficient (Wildman–Crippen LogP) is 1.60. The van der Waals surface area contributed by atoms with Crippen LogP contribution in [0.5, 0.6) is 0 Å². The molecule has 0 fully saturated rings. The Balaban J connectivity index is 1.93. The van der Waals surface area contributed by atoms with Crippen LogP contribution in [-0.4, -0.2) is 21.7 Å². The van der Waals surface area contributed by atoms with Crippen molar-refractivity contribution >= 4 is 5.91 Å². The van der Waals surface area contributed by atoms with E-state index in [2.05, 4.69) is 10.4 Å². The lowest BCUT2D eigenvalue weighted by Crippen LogP contribution is -2.35. The summed E-state index contributed by atoms with van der Waals surface area (Å²) in [6.45, 7) is 4.41. The number of nitrogens with one attached hydrogen (secondary N) is 1. The number of hydrogen-bond donors (Lipinski definition) is 1. The molecule has 90 valence electrons. The van der Waals surface area contributed by atoms with Crippen LogP contribution in [-0.2, 0) is 6.54 Å². The van der Waals surface area contributed by atoms with Gasteiger partial charge >= 0.3 is 0 Å². The smallest absolute Gasteiger partial charge is 0.287 e. The third-order valence-corrected chi connectivity index (χ3v) is 2.47. The highest BCUT2D eigenvalue weighted by atomic mass is 16.3. The van der Waals surface area contributed by atoms with E-state index in [1.165, 1.54) is 6.26 Å². The van der Waals surface area contributed by atoms with Crippen LogP contribution in [0.2, 0.25) is 0 Å². The lowest BCUT2D eigenvalue weighted by molar-refractivity contribution is 0.0907. The third kappa shape index (κ3) is 2.75. The van der Waals surface area contributed by atoms with E-state index >= 15 is 0 Å². The van der Waals surface area contributed by atoms with E-state index in [0.717, 1.165) is 5.56 Å². The predicted molar refractivity (Wildman–Crippen MR) is 62.6 cm³/mol. The van der Waals surface area contributed by atoms with Crippen molar-refractivity contribution in [3.63, 3.8) is 0 Å². The van der Waals surface area contributed by atoms with Gasteiger partial charge in [0.2, 0.25) is 0 Å². The highest BCUT2D eigenvalue weighted by Crippen LogP contribution is 2.08. The molecule has 0 aliphatic rings. The van der Waals surface area contributed by atoms with Gasteiger partial charge in [-0.2, -0.15) is 5.10 Å². The maximum absolute atomic E-state index is 11.8. The number of aryl methyl sites for hydroxylation is 1. The lowest BCUT2D eigenvalue weighted by atomic mass is 10.2. The molecule has 2 aromatic rings. The molecule has 2 heterocycles. The van der Waals surface area contributed by atoms with E-state index in [-0.39, 0.29) is 11.9 Å². The van der Waals surface area contributed by atoms with Gasteiger partial charge < -0.3 is 9.73 Å². The minimum atomic E-state index is -0.188. The van der Waals surface area contributed by atoms with Crippen LogP contribution in [0.1, 0.15) is 23.0 Å². The van der Waals surface area contributed by atoms with E-state index in [0.29, 0.717) is 12.3 Å². The van der Waals surface area contributed by atoms with Crippen molar-refractivity contribution < 1.29 is 9.21 Å². The normalized spacial score (nSPS) is 12.4. The standard InChI is InChI=1S/C12H15N3O2/c1-9-4-7-17-11(9)12(16)14-10(2)8-15-6-3-5-13-15/h3-7,10H,8H2,1-2H3,(H,14,16)/t10-/m1/s1. The van der Waals surface area contributed by atoms with Crippen LogP contribution in [0.3, 0.4) is 0 Å². The Hall–Kier alpha value is -2.04. The molecule has 17 heavy (non-hydrogen) atoms. The third-order valence-electron chi connectivity index (χ3n) is 2.47. The van der Waals surface area contributed by atoms with Gasteiger partial charge in [-0.05, 0) is 26.0 Å². The van der Waals surface area contributed by atoms with Crippen molar-refractivity contribution in [3.8, 4) is 0 Å². The molecule has 1 amide bonds. The van der Waals surface area contributed by atoms with Gasteiger partial charge in [-0.25, -0.2) is 0 Å². The molecule has 1 N–H and O–H groups in total. The fraction of sp³-hybridized carbons (Fsp3) is 0.333. The SMILES string of the molecule is Cc1ccoc1C(=O)N[C@H](C)Cn1cccn1. The van der Waals surface area contributed by atoms with Crippen LogP contribution in [0.25, 0.3) is 0 Å². The Labute approximate surface area is 99.4 Å². The fourth-order valence-electron chi connectivity index (χ4n) is 1.63. The Morgan fingerprint density at radius 1 is 1.65 bits per heavy atom. The number of amides is 1. The number of carbonyl (C=O) groups is 1. The Morgan fingerprint density at radius 3 is 3.06 bits per heavy atom. The van der Waals surface area contributed by atoms with Crippen molar-refractivity contribution in [2.24, 2.45) is 0 Å². The van der Waals surface area contributed by atoms with Crippen molar-refractivity contribution in [1.82, 2.24) is 15.1 Å². The molecule has 0 spiro atoms. The van der Waals surface area contributed by atoms with Crippen LogP contribution in [0.4, 0.5) is 0 Å². The van der Waals surface area contributed by atoms with Gasteiger partial charge in [0.25, 0.3) is 5.91 Å². The maximum Gasteiger partial charge on any atom is 0.287 e. The fourth-order valence-corrected chi connectivity index (χ4v) is 1.63. The molecule has 0 unspecified atom stereocenters. The maximum atomic E-state index is 11.8. The Kier molecular flexibility index (Phi) is 3.27. The topological polar surface area (TPSA) is 60.1 Å². The Morgan fingerprint density at radius 2 is 2.47 bits per heavy atom. The number of furan rings is 1. The zero-order chi connectivity index (χ0) is 12.3. The van der Waals surface area contributed by atoms with Crippen LogP contribution in [0, 0.1) is 6.92 Å². The molecular formula is C12H15N3O2. The van der Waals surface area contributed by atoms with Crippen LogP contribution < -0.4 is 5.32 Å². The molecule has 5 heteroatoms. The molecule has 0 bridgehead atoms. The quantitative estimate of drug-likeness (QED) is 0.872. The molecule has 1 atom stereocenters. The largest absolute Gasteiger partial charge is 0.459 e. The molecule has 2 aromatic heterocycles. The van der Waals surface area contributed by atoms with E-state index in [1.807, 2.05) is 26.1 Å². The summed E-state index contributed by atoms with van der Waals surface area (Å²) >= 11 is 0. The second kappa shape index (κ2) is 4.86. The van der Waals surface area contributed by atoms with Gasteiger partial charge in [0.05, 0.1) is 12.8 Å². The molecule has 2 rings (SSSR count). The van der Waals surface area contributed by atoms with Crippen LogP contribution in [0.15, 0.2) is 35.2 Å². The lowest BCUT2D eigenvalue weighted by Gasteiger charge is -2.13. The summed E-state index contributed by atoms with van der Waals surface area (Å²) < 4.78 is 6.91. The first-order valence-corrected chi connectivity index (χ1v) is 5.49. The first kappa shape index (κ1) is 11.4. The van der Waals surface area contributed by atoms with Gasteiger partial charge in [0, 0.05) is 24.0 Å². The van der Waals surface area contributed by atoms with Crippen molar-refractivity contribution in [3.05, 3.63) is 42.1 Å². The highest BCUT2D eigenvalue weighted by Gasteiger charge is 2.15. The van der Waals surface area contributed by atoms with Gasteiger partial charge in [0.15, 0.2) is 5.76 Å². The van der Waals surface area contributed by atoms with Gasteiger partial charge in [-0.15, -0.1) is 0 Å². The second-order valence-corrected chi connectivity index (χ2v) is 4.04. The molecule has 0 aliphatic carbocycles. The van der Waals surface area contributed by atoms with E-state index in [9.17, 15) is 4.79 Å². The number of nitrogens with zero attached hydrogens (tertiary/aromatic N) is 2. The number of hydrogen-bond acceptors (Lipinski definition) is 3. The molecular weight excluding hydrogens is 218 g/mol. The van der Waals surface area contributed by atoms with Gasteiger partial charge in [-0.3, -0.25) is 9.48 Å². The minimum absolute atomic E-state index is 0.00750. The average Bonchev–Trinajstić information content (AvgIpc) is 2.88. The van der Waals surface area contributed by atoms with E-state index in [4.69, 9.17) is 4.42 Å². The summed E-state index contributed by atoms with van der Waals surface area (Å²) in [7, 11) is 0. The minimum Gasteiger partial charge on any atom is -0.459 e. The van der Waals surface area contributed by atoms with Crippen LogP contribution >= 0.6 is 0 Å². The molecule has 0 aromatic carbocycles. The first-order valence-electron chi connectivity index (χ1n) is 5.49. The summed E-state index contributed by atoms with van der Waals surface area (Å²) in [5.41, 5.74) is 0.841. The van der Waals surface area contributed by atoms with Gasteiger partial charge in [0.1, 0.15) is 0 Å². The zero-order valence-corrected chi connectivity index (χ0v) is 9.88. The number of carbonyl (C=O) groups excluding carboxylic acids is 1. The van der Waals surface area contributed by atoms with E-state index in [1.54, 1.807) is 16.9 Å². The van der Waals surface area contributed by atoms with Gasteiger partial charge in [-0.1, -0.05) is 0 Å². The van der Waals surface area contributed by atoms with Crippen molar-refractivity contribution in [1.29, 1.82) is 0 Å². The summed E-state index contributed by atoms with van der Waals surface area (Å²) in [4.78, 5) is 11.8. The average molecular weight is 233 g/mol. The molecule has 5 nitrogen and oxygen atoms in total. The second-order valence-electron chi connectivity index (χ2n) is 4.04. The summed E-state index contributed by atoms with van der Waals surface area (Å²) in [5, 5.41) is 6.95. The summed E-state index contributed by atoms with van der Waals surface area (Å²) in [6.07, 6.45) is 5.09. The van der Waals surface area contributed by atoms with E-state index < -0.39 is 0 Å². The Bertz CT molecular complexity index is 488. The first-order chi connectivity index (χ1) is 8.16. The number of aromatic nitrogens is 2. The van der Waals surface area contributed by atoms with Crippen molar-refractivity contribution in [2.45, 2.75) is 26.4 Å². The summed E-state index contributed by atoms with van der Waals surface area (Å²) in [6, 6.07) is 3.62.